The van der Waals surface area contributed by atoms with Gasteiger partial charge in [0, 0.05) is 0 Å². The van der Waals surface area contributed by atoms with Crippen LogP contribution in [0.5, 0.6) is 5.75 Å². The molecular formula is C23H31N3O. The van der Waals surface area contributed by atoms with Gasteiger partial charge in [-0.25, -0.2) is 0 Å². The Hall–Kier alpha value is -2.36. The first-order chi connectivity index (χ1) is 13.1. The molecule has 0 saturated carbocycles. The molecule has 3 rings (SSSR count). The molecule has 4 nitrogen and oxygen atoms in total. The zero-order chi connectivity index (χ0) is 19.2. The van der Waals surface area contributed by atoms with E-state index in [0.717, 1.165) is 29.4 Å². The van der Waals surface area contributed by atoms with Crippen LogP contribution in [-0.4, -0.2) is 20.1 Å². The van der Waals surface area contributed by atoms with Crippen LogP contribution >= 0.6 is 0 Å². The molecule has 0 atom stereocenters. The smallest absolute Gasteiger partial charge is 0.146 e. The Morgan fingerprint density at radius 3 is 2.19 bits per heavy atom. The van der Waals surface area contributed by atoms with Crippen LogP contribution < -0.4 is 0 Å². The summed E-state index contributed by atoms with van der Waals surface area (Å²) in [5.74, 6) is 0.700. The van der Waals surface area contributed by atoms with Crippen molar-refractivity contribution in [1.82, 2.24) is 15.0 Å². The second-order valence-corrected chi connectivity index (χ2v) is 7.70. The van der Waals surface area contributed by atoms with Gasteiger partial charge in [0.25, 0.3) is 0 Å². The number of rotatable bonds is 9. The molecule has 2 aromatic carbocycles. The number of phenolic OH excluding ortho intramolecular Hbond substituents is 1. The van der Waals surface area contributed by atoms with Crippen LogP contribution in [0.2, 0.25) is 0 Å². The van der Waals surface area contributed by atoms with E-state index >= 15 is 0 Å². The van der Waals surface area contributed by atoms with E-state index in [-0.39, 0.29) is 0 Å². The summed E-state index contributed by atoms with van der Waals surface area (Å²) < 4.78 is 0. The average molecular weight is 366 g/mol. The number of aryl methyl sites for hydroxylation is 1. The van der Waals surface area contributed by atoms with Crippen LogP contribution in [0.4, 0.5) is 0 Å². The zero-order valence-electron chi connectivity index (χ0n) is 16.8. The third-order valence-electron chi connectivity index (χ3n) is 5.16. The molecule has 0 spiro atoms. The van der Waals surface area contributed by atoms with Crippen LogP contribution in [0.15, 0.2) is 36.4 Å². The second-order valence-electron chi connectivity index (χ2n) is 7.70. The molecule has 0 aliphatic carbocycles. The fraction of sp³-hybridized carbons (Fsp3) is 0.478. The summed E-state index contributed by atoms with van der Waals surface area (Å²) in [5, 5.41) is 20.0. The number of aromatic nitrogens is 3. The molecule has 27 heavy (non-hydrogen) atoms. The fourth-order valence-electron chi connectivity index (χ4n) is 3.44. The Morgan fingerprint density at radius 2 is 1.56 bits per heavy atom. The average Bonchev–Trinajstić information content (AvgIpc) is 3.09. The number of fused-ring (bicyclic) bond motifs is 1. The van der Waals surface area contributed by atoms with Crippen molar-refractivity contribution in [3.8, 4) is 11.4 Å². The van der Waals surface area contributed by atoms with Crippen LogP contribution in [-0.2, 0) is 6.42 Å². The minimum absolute atomic E-state index is 0.313. The molecule has 0 saturated heterocycles. The third-order valence-corrected chi connectivity index (χ3v) is 5.16. The number of hydrogen-bond donors (Lipinski definition) is 1. The number of nitrogens with zero attached hydrogens (tertiary/aromatic N) is 3. The zero-order valence-corrected chi connectivity index (χ0v) is 16.8. The molecule has 0 radical (unpaired) electrons. The van der Waals surface area contributed by atoms with Crippen LogP contribution in [0.25, 0.3) is 16.7 Å². The van der Waals surface area contributed by atoms with Crippen molar-refractivity contribution in [3.63, 3.8) is 0 Å². The highest BCUT2D eigenvalue weighted by Gasteiger charge is 2.15. The Kier molecular flexibility index (Phi) is 6.49. The molecule has 1 heterocycles. The quantitative estimate of drug-likeness (QED) is 0.462. The highest BCUT2D eigenvalue weighted by molar-refractivity contribution is 5.73. The number of unbranched alkanes of at least 4 members (excludes halogenated alkanes) is 5. The number of phenols is 1. The molecule has 3 aromatic rings. The second kappa shape index (κ2) is 9.03. The van der Waals surface area contributed by atoms with Gasteiger partial charge in [0.2, 0.25) is 0 Å². The summed E-state index contributed by atoms with van der Waals surface area (Å²) in [4.78, 5) is 1.58. The number of aromatic hydroxyl groups is 1. The van der Waals surface area contributed by atoms with Gasteiger partial charge in [0.15, 0.2) is 0 Å². The Morgan fingerprint density at radius 1 is 0.926 bits per heavy atom. The van der Waals surface area contributed by atoms with Crippen LogP contribution in [0, 0.1) is 0 Å². The highest BCUT2D eigenvalue weighted by atomic mass is 16.3. The third kappa shape index (κ3) is 4.68. The Labute approximate surface area is 162 Å². The molecule has 0 unspecified atom stereocenters. The van der Waals surface area contributed by atoms with E-state index in [0.29, 0.717) is 17.4 Å². The standard InChI is InChI=1S/C23H31N3O/c1-4-5-6-7-8-9-12-18-15-19(17(2)3)16-22(23(18)27)26-24-20-13-10-11-14-21(20)25-26/h10-11,13-17,27H,4-9,12H2,1-3H3. The minimum atomic E-state index is 0.313. The summed E-state index contributed by atoms with van der Waals surface area (Å²) in [7, 11) is 0. The predicted molar refractivity (Wildman–Crippen MR) is 112 cm³/mol. The molecule has 0 aliphatic heterocycles. The van der Waals surface area contributed by atoms with Crippen molar-refractivity contribution >= 4 is 11.0 Å². The number of hydrogen-bond acceptors (Lipinski definition) is 3. The normalized spacial score (nSPS) is 11.6. The van der Waals surface area contributed by atoms with E-state index in [9.17, 15) is 5.11 Å². The van der Waals surface area contributed by atoms with Crippen molar-refractivity contribution in [1.29, 1.82) is 0 Å². The maximum atomic E-state index is 10.9. The van der Waals surface area contributed by atoms with Crippen LogP contribution in [0.1, 0.15) is 76.3 Å². The van der Waals surface area contributed by atoms with E-state index < -0.39 is 0 Å². The van der Waals surface area contributed by atoms with Gasteiger partial charge in [-0.2, -0.15) is 0 Å². The summed E-state index contributed by atoms with van der Waals surface area (Å²) in [6, 6.07) is 12.0. The monoisotopic (exact) mass is 365 g/mol. The first-order valence-corrected chi connectivity index (χ1v) is 10.3. The van der Waals surface area contributed by atoms with Gasteiger partial charge >= 0.3 is 0 Å². The maximum Gasteiger partial charge on any atom is 0.146 e. The van der Waals surface area contributed by atoms with Crippen LogP contribution in [0.3, 0.4) is 0 Å². The molecule has 144 valence electrons. The van der Waals surface area contributed by atoms with Gasteiger partial charge in [-0.15, -0.1) is 15.0 Å². The first kappa shape index (κ1) is 19.4. The lowest BCUT2D eigenvalue weighted by atomic mass is 9.96. The molecular weight excluding hydrogens is 334 g/mol. The fourth-order valence-corrected chi connectivity index (χ4v) is 3.44. The van der Waals surface area contributed by atoms with Crippen molar-refractivity contribution < 1.29 is 5.11 Å². The van der Waals surface area contributed by atoms with Gasteiger partial charge < -0.3 is 5.11 Å². The molecule has 0 amide bonds. The molecule has 0 fully saturated rings. The lowest BCUT2D eigenvalue weighted by Gasteiger charge is -2.14. The first-order valence-electron chi connectivity index (χ1n) is 10.3. The van der Waals surface area contributed by atoms with Crippen molar-refractivity contribution in [3.05, 3.63) is 47.5 Å². The topological polar surface area (TPSA) is 50.9 Å². The van der Waals surface area contributed by atoms with E-state index in [2.05, 4.69) is 37.0 Å². The SMILES string of the molecule is CCCCCCCCc1cc(C(C)C)cc(-n2nc3ccccc3n2)c1O. The van der Waals surface area contributed by atoms with Crippen molar-refractivity contribution in [2.24, 2.45) is 0 Å². The summed E-state index contributed by atoms with van der Waals surface area (Å²) in [5.41, 5.74) is 4.57. The van der Waals surface area contributed by atoms with Crippen molar-refractivity contribution in [2.45, 2.75) is 71.6 Å². The maximum absolute atomic E-state index is 10.9. The number of benzene rings is 2. The van der Waals surface area contributed by atoms with Gasteiger partial charge in [0.1, 0.15) is 22.5 Å². The van der Waals surface area contributed by atoms with Gasteiger partial charge in [-0.3, -0.25) is 0 Å². The molecule has 1 N–H and O–H groups in total. The Bertz CT molecular complexity index is 849. The molecule has 0 aliphatic rings. The molecule has 0 bridgehead atoms. The van der Waals surface area contributed by atoms with Gasteiger partial charge in [-0.05, 0) is 48.1 Å². The van der Waals surface area contributed by atoms with E-state index in [1.54, 1.807) is 4.80 Å². The van der Waals surface area contributed by atoms with Gasteiger partial charge in [-0.1, -0.05) is 71.1 Å². The predicted octanol–water partition coefficient (Wildman–Crippen LogP) is 6.15. The lowest BCUT2D eigenvalue weighted by molar-refractivity contribution is 0.458. The lowest BCUT2D eigenvalue weighted by Crippen LogP contribution is -2.03. The highest BCUT2D eigenvalue weighted by Crippen LogP contribution is 2.32. The van der Waals surface area contributed by atoms with E-state index in [1.807, 2.05) is 30.3 Å². The molecule has 1 aromatic heterocycles. The van der Waals surface area contributed by atoms with Gasteiger partial charge in [0.05, 0.1) is 0 Å². The Balaban J connectivity index is 1.85. The van der Waals surface area contributed by atoms with E-state index in [1.165, 1.54) is 37.7 Å². The summed E-state index contributed by atoms with van der Waals surface area (Å²) in [6.45, 7) is 6.60. The van der Waals surface area contributed by atoms with E-state index in [4.69, 9.17) is 0 Å². The minimum Gasteiger partial charge on any atom is -0.505 e. The molecule has 4 heteroatoms. The summed E-state index contributed by atoms with van der Waals surface area (Å²) >= 11 is 0. The van der Waals surface area contributed by atoms with Crippen molar-refractivity contribution in [2.75, 3.05) is 0 Å². The summed E-state index contributed by atoms with van der Waals surface area (Å²) in [6.07, 6.45) is 8.38. The largest absolute Gasteiger partial charge is 0.505 e.